The van der Waals surface area contributed by atoms with Crippen molar-refractivity contribution in [1.29, 1.82) is 0 Å². The van der Waals surface area contributed by atoms with E-state index in [0.29, 0.717) is 0 Å². The molecule has 2 heterocycles. The summed E-state index contributed by atoms with van der Waals surface area (Å²) < 4.78 is 6.79. The zero-order chi connectivity index (χ0) is 6.97. The summed E-state index contributed by atoms with van der Waals surface area (Å²) in [5, 5.41) is 0. The summed E-state index contributed by atoms with van der Waals surface area (Å²) in [5.41, 5.74) is 0. The van der Waals surface area contributed by atoms with Crippen LogP contribution in [0.2, 0.25) is 0 Å². The Bertz CT molecular complexity index is 220. The van der Waals surface area contributed by atoms with Gasteiger partial charge in [0.05, 0.1) is 9.49 Å². The molecule has 0 atom stereocenters. The molecule has 0 amide bonds. The quantitative estimate of drug-likeness (QED) is 0.656. The first-order valence-electron chi connectivity index (χ1n) is 3.27. The van der Waals surface area contributed by atoms with Crippen LogP contribution in [0.15, 0.2) is 6.07 Å². The Kier molecular flexibility index (Phi) is 1.86. The van der Waals surface area contributed by atoms with Crippen LogP contribution in [0.5, 0.6) is 5.75 Å². The fourth-order valence-corrected chi connectivity index (χ4v) is 3.04. The van der Waals surface area contributed by atoms with E-state index in [1.807, 2.05) is 11.3 Å². The molecule has 1 aliphatic heterocycles. The molecule has 3 heteroatoms. The molecule has 0 aliphatic carbocycles. The minimum atomic E-state index is 0.903. The average Bonchev–Trinajstić information content (AvgIpc) is 2.27. The molecule has 54 valence electrons. The first-order chi connectivity index (χ1) is 4.86. The number of thiophene rings is 1. The van der Waals surface area contributed by atoms with Crippen molar-refractivity contribution in [1.82, 2.24) is 0 Å². The van der Waals surface area contributed by atoms with E-state index in [-0.39, 0.29) is 0 Å². The van der Waals surface area contributed by atoms with E-state index in [1.165, 1.54) is 20.6 Å². The van der Waals surface area contributed by atoms with E-state index < -0.39 is 0 Å². The van der Waals surface area contributed by atoms with E-state index in [2.05, 4.69) is 28.7 Å². The highest BCUT2D eigenvalue weighted by Gasteiger charge is 2.12. The van der Waals surface area contributed by atoms with Gasteiger partial charge in [0.15, 0.2) is 0 Å². The van der Waals surface area contributed by atoms with Crippen molar-refractivity contribution in [2.45, 2.75) is 12.8 Å². The Morgan fingerprint density at radius 1 is 1.60 bits per heavy atom. The number of ether oxygens (including phenoxy) is 1. The monoisotopic (exact) mass is 266 g/mol. The molecule has 1 aromatic rings. The first-order valence-corrected chi connectivity index (χ1v) is 5.17. The van der Waals surface area contributed by atoms with E-state index in [9.17, 15) is 0 Å². The van der Waals surface area contributed by atoms with Crippen molar-refractivity contribution < 1.29 is 4.74 Å². The maximum atomic E-state index is 5.45. The van der Waals surface area contributed by atoms with Gasteiger partial charge in [-0.3, -0.25) is 0 Å². The Hall–Kier alpha value is 0.230. The fourth-order valence-electron chi connectivity index (χ4n) is 1.09. The van der Waals surface area contributed by atoms with Crippen LogP contribution in [0, 0.1) is 2.88 Å². The maximum absolute atomic E-state index is 5.45. The molecule has 0 N–H and O–H groups in total. The van der Waals surface area contributed by atoms with Crippen LogP contribution in [0.3, 0.4) is 0 Å². The van der Waals surface area contributed by atoms with Gasteiger partial charge in [0, 0.05) is 10.9 Å². The molecule has 0 fully saturated rings. The highest BCUT2D eigenvalue weighted by atomic mass is 127. The van der Waals surface area contributed by atoms with Crippen LogP contribution >= 0.6 is 33.9 Å². The van der Waals surface area contributed by atoms with Gasteiger partial charge in [0.1, 0.15) is 5.75 Å². The van der Waals surface area contributed by atoms with Crippen LogP contribution in [0.1, 0.15) is 11.3 Å². The predicted octanol–water partition coefficient (Wildman–Crippen LogP) is 2.68. The van der Waals surface area contributed by atoms with E-state index in [0.717, 1.165) is 12.4 Å². The van der Waals surface area contributed by atoms with Crippen molar-refractivity contribution in [2.24, 2.45) is 0 Å². The molecule has 2 rings (SSSR count). The highest BCUT2D eigenvalue weighted by molar-refractivity contribution is 14.1. The van der Waals surface area contributed by atoms with Crippen LogP contribution in [0.4, 0.5) is 0 Å². The Morgan fingerprint density at radius 2 is 2.50 bits per heavy atom. The van der Waals surface area contributed by atoms with E-state index in [1.54, 1.807) is 0 Å². The normalized spacial score (nSPS) is 16.1. The molecule has 0 aromatic carbocycles. The molecule has 0 radical (unpaired) electrons. The third-order valence-corrected chi connectivity index (χ3v) is 3.48. The second-order valence-electron chi connectivity index (χ2n) is 2.29. The number of halogens is 1. The molecular formula is C7H7IOS. The fraction of sp³-hybridized carbons (Fsp3) is 0.429. The van der Waals surface area contributed by atoms with Crippen molar-refractivity contribution in [3.63, 3.8) is 0 Å². The van der Waals surface area contributed by atoms with Crippen molar-refractivity contribution in [3.05, 3.63) is 13.8 Å². The summed E-state index contributed by atoms with van der Waals surface area (Å²) in [4.78, 5) is 1.43. The van der Waals surface area contributed by atoms with Gasteiger partial charge in [-0.25, -0.2) is 0 Å². The summed E-state index contributed by atoms with van der Waals surface area (Å²) in [7, 11) is 0. The van der Waals surface area contributed by atoms with Crippen molar-refractivity contribution in [3.8, 4) is 5.75 Å². The Morgan fingerprint density at radius 3 is 3.30 bits per heavy atom. The van der Waals surface area contributed by atoms with Crippen LogP contribution < -0.4 is 4.74 Å². The summed E-state index contributed by atoms with van der Waals surface area (Å²) in [6.45, 7) is 0.903. The zero-order valence-electron chi connectivity index (χ0n) is 5.39. The number of aryl methyl sites for hydroxylation is 1. The third-order valence-electron chi connectivity index (χ3n) is 1.55. The van der Waals surface area contributed by atoms with Gasteiger partial charge < -0.3 is 4.74 Å². The largest absolute Gasteiger partial charge is 0.492 e. The summed E-state index contributed by atoms with van der Waals surface area (Å²) >= 11 is 4.19. The summed E-state index contributed by atoms with van der Waals surface area (Å²) in [6.07, 6.45) is 2.40. The molecule has 1 nitrogen and oxygen atoms in total. The van der Waals surface area contributed by atoms with Gasteiger partial charge in [-0.2, -0.15) is 0 Å². The van der Waals surface area contributed by atoms with Gasteiger partial charge in [0.2, 0.25) is 0 Å². The van der Waals surface area contributed by atoms with E-state index in [4.69, 9.17) is 4.74 Å². The van der Waals surface area contributed by atoms with Crippen molar-refractivity contribution >= 4 is 33.9 Å². The molecule has 0 saturated carbocycles. The molecule has 0 unspecified atom stereocenters. The third kappa shape index (κ3) is 1.16. The lowest BCUT2D eigenvalue weighted by Crippen LogP contribution is -2.04. The second kappa shape index (κ2) is 2.70. The highest BCUT2D eigenvalue weighted by Crippen LogP contribution is 2.33. The minimum Gasteiger partial charge on any atom is -0.492 e. The standard InChI is InChI=1S/C7H7IOS/c8-7-4-5-6(10-7)2-1-3-9-5/h4H,1-3H2. The molecule has 0 spiro atoms. The number of hydrogen-bond donors (Lipinski definition) is 0. The lowest BCUT2D eigenvalue weighted by molar-refractivity contribution is 0.291. The molecule has 1 aromatic heterocycles. The van der Waals surface area contributed by atoms with Gasteiger partial charge >= 0.3 is 0 Å². The second-order valence-corrected chi connectivity index (χ2v) is 5.32. The molecule has 0 bridgehead atoms. The molecular weight excluding hydrogens is 259 g/mol. The average molecular weight is 266 g/mol. The Labute approximate surface area is 77.5 Å². The minimum absolute atomic E-state index is 0.903. The first kappa shape index (κ1) is 6.91. The molecule has 1 aliphatic rings. The van der Waals surface area contributed by atoms with Crippen LogP contribution in [-0.4, -0.2) is 6.61 Å². The van der Waals surface area contributed by atoms with Crippen molar-refractivity contribution in [2.75, 3.05) is 6.61 Å². The van der Waals surface area contributed by atoms with E-state index >= 15 is 0 Å². The lowest BCUT2D eigenvalue weighted by Gasteiger charge is -2.11. The maximum Gasteiger partial charge on any atom is 0.134 e. The van der Waals surface area contributed by atoms with Gasteiger partial charge in [-0.1, -0.05) is 0 Å². The van der Waals surface area contributed by atoms with Gasteiger partial charge in [-0.15, -0.1) is 11.3 Å². The van der Waals surface area contributed by atoms with Gasteiger partial charge in [0.25, 0.3) is 0 Å². The summed E-state index contributed by atoms with van der Waals surface area (Å²) in [5.74, 6) is 1.13. The topological polar surface area (TPSA) is 9.23 Å². The predicted molar refractivity (Wildman–Crippen MR) is 50.9 cm³/mol. The smallest absolute Gasteiger partial charge is 0.134 e. The number of fused-ring (bicyclic) bond motifs is 1. The van der Waals surface area contributed by atoms with Crippen LogP contribution in [-0.2, 0) is 6.42 Å². The van der Waals surface area contributed by atoms with Crippen LogP contribution in [0.25, 0.3) is 0 Å². The molecule has 10 heavy (non-hydrogen) atoms. The molecule has 0 saturated heterocycles. The lowest BCUT2D eigenvalue weighted by atomic mass is 10.2. The number of rotatable bonds is 0. The van der Waals surface area contributed by atoms with Gasteiger partial charge in [-0.05, 0) is 35.4 Å². The number of hydrogen-bond acceptors (Lipinski definition) is 2. The Balaban J connectivity index is 2.41. The summed E-state index contributed by atoms with van der Waals surface area (Å²) in [6, 6.07) is 2.12. The SMILES string of the molecule is Ic1cc2c(s1)CCCO2. The zero-order valence-corrected chi connectivity index (χ0v) is 8.37.